The maximum Gasteiger partial charge on any atom is 0.332 e. The highest BCUT2D eigenvalue weighted by molar-refractivity contribution is 5.92. The molecular weight excluding hydrogens is 323 g/mol. The summed E-state index contributed by atoms with van der Waals surface area (Å²) in [4.78, 5) is 23.8. The Morgan fingerprint density at radius 3 is 2.68 bits per heavy atom. The Bertz CT molecular complexity index is 790. The van der Waals surface area contributed by atoms with Crippen LogP contribution in [0.1, 0.15) is 30.0 Å². The van der Waals surface area contributed by atoms with E-state index in [-0.39, 0.29) is 11.7 Å². The highest BCUT2D eigenvalue weighted by Crippen LogP contribution is 2.28. The summed E-state index contributed by atoms with van der Waals surface area (Å²) in [6.45, 7) is 0. The lowest BCUT2D eigenvalue weighted by molar-refractivity contribution is -0.141. The number of methoxy groups -OCH3 is 1. The van der Waals surface area contributed by atoms with Crippen molar-refractivity contribution in [2.45, 2.75) is 25.3 Å². The lowest BCUT2D eigenvalue weighted by Crippen LogP contribution is -2.22. The number of benzene rings is 2. The Labute approximate surface area is 145 Å². The molecule has 0 spiro atoms. The number of nitrogens with one attached hydrogen (secondary N) is 2. The van der Waals surface area contributed by atoms with Gasteiger partial charge >= 0.3 is 5.97 Å². The van der Waals surface area contributed by atoms with E-state index < -0.39 is 12.0 Å². The van der Waals surface area contributed by atoms with Crippen LogP contribution in [0.5, 0.6) is 0 Å². The second-order valence-electron chi connectivity index (χ2n) is 5.93. The number of carbonyl (C=O) groups excluding carboxylic acids is 2. The molecule has 0 bridgehead atoms. The van der Waals surface area contributed by atoms with Crippen molar-refractivity contribution in [2.24, 2.45) is 0 Å². The quantitative estimate of drug-likeness (QED) is 0.836. The second kappa shape index (κ2) is 7.34. The van der Waals surface area contributed by atoms with Crippen molar-refractivity contribution in [3.8, 4) is 0 Å². The zero-order valence-electron chi connectivity index (χ0n) is 13.8. The van der Waals surface area contributed by atoms with Gasteiger partial charge in [0.25, 0.3) is 0 Å². The molecule has 2 aromatic rings. The van der Waals surface area contributed by atoms with Gasteiger partial charge in [-0.15, -0.1) is 0 Å². The van der Waals surface area contributed by atoms with Gasteiger partial charge in [0.2, 0.25) is 5.91 Å². The topological polar surface area (TPSA) is 67.4 Å². The Morgan fingerprint density at radius 1 is 1.20 bits per heavy atom. The molecule has 0 fully saturated rings. The highest BCUT2D eigenvalue weighted by Gasteiger charge is 2.22. The molecule has 25 heavy (non-hydrogen) atoms. The van der Waals surface area contributed by atoms with Gasteiger partial charge in [-0.2, -0.15) is 0 Å². The summed E-state index contributed by atoms with van der Waals surface area (Å²) in [7, 11) is 1.31. The van der Waals surface area contributed by atoms with Crippen LogP contribution in [-0.2, 0) is 20.7 Å². The van der Waals surface area contributed by atoms with Gasteiger partial charge in [-0.25, -0.2) is 9.18 Å². The number of fused-ring (bicyclic) bond motifs is 1. The normalized spacial score (nSPS) is 14.7. The number of hydrogen-bond donors (Lipinski definition) is 2. The molecule has 1 heterocycles. The molecule has 0 radical (unpaired) electrons. The highest BCUT2D eigenvalue weighted by atomic mass is 19.1. The Balaban J connectivity index is 1.87. The fourth-order valence-electron chi connectivity index (χ4n) is 2.88. The number of amides is 1. The minimum Gasteiger partial charge on any atom is -0.467 e. The van der Waals surface area contributed by atoms with E-state index in [2.05, 4.69) is 10.6 Å². The number of anilines is 2. The molecule has 0 saturated carbocycles. The molecule has 3 rings (SSSR count). The monoisotopic (exact) mass is 342 g/mol. The van der Waals surface area contributed by atoms with Crippen molar-refractivity contribution in [1.29, 1.82) is 0 Å². The zero-order valence-corrected chi connectivity index (χ0v) is 13.8. The lowest BCUT2D eigenvalue weighted by Gasteiger charge is -2.19. The maximum absolute atomic E-state index is 13.1. The molecule has 1 amide bonds. The van der Waals surface area contributed by atoms with Gasteiger partial charge in [0.05, 0.1) is 7.11 Å². The van der Waals surface area contributed by atoms with Crippen molar-refractivity contribution in [3.05, 3.63) is 59.4 Å². The molecule has 0 unspecified atom stereocenters. The SMILES string of the molecule is COC(=O)[C@H](Nc1ccc2c(c1)CCCC(=O)N2)c1ccc(F)cc1. The van der Waals surface area contributed by atoms with E-state index in [0.717, 1.165) is 29.8 Å². The van der Waals surface area contributed by atoms with E-state index in [4.69, 9.17) is 4.74 Å². The summed E-state index contributed by atoms with van der Waals surface area (Å²) in [5.41, 5.74) is 3.15. The number of hydrogen-bond acceptors (Lipinski definition) is 4. The van der Waals surface area contributed by atoms with E-state index in [1.54, 1.807) is 18.2 Å². The van der Waals surface area contributed by atoms with Gasteiger partial charge in [-0.1, -0.05) is 12.1 Å². The van der Waals surface area contributed by atoms with Crippen LogP contribution in [0.15, 0.2) is 42.5 Å². The van der Waals surface area contributed by atoms with Crippen LogP contribution in [0.4, 0.5) is 15.8 Å². The molecule has 0 saturated heterocycles. The molecule has 1 aliphatic rings. The third-order valence-corrected chi connectivity index (χ3v) is 4.18. The summed E-state index contributed by atoms with van der Waals surface area (Å²) in [5.74, 6) is -0.818. The summed E-state index contributed by atoms with van der Waals surface area (Å²) in [6.07, 6.45) is 2.06. The first-order valence-corrected chi connectivity index (χ1v) is 8.09. The molecule has 0 aliphatic carbocycles. The molecule has 2 N–H and O–H groups in total. The molecule has 1 aliphatic heterocycles. The first kappa shape index (κ1) is 17.0. The fraction of sp³-hybridized carbons (Fsp3) is 0.263. The number of carbonyl (C=O) groups is 2. The summed E-state index contributed by atoms with van der Waals surface area (Å²) in [5, 5.41) is 6.01. The Morgan fingerprint density at radius 2 is 1.96 bits per heavy atom. The molecule has 130 valence electrons. The van der Waals surface area contributed by atoms with Crippen LogP contribution in [0.3, 0.4) is 0 Å². The smallest absolute Gasteiger partial charge is 0.332 e. The van der Waals surface area contributed by atoms with Gasteiger partial charge in [-0.05, 0) is 54.3 Å². The van der Waals surface area contributed by atoms with Gasteiger partial charge in [0.15, 0.2) is 6.04 Å². The lowest BCUT2D eigenvalue weighted by atomic mass is 10.0. The van der Waals surface area contributed by atoms with Crippen LogP contribution in [0.2, 0.25) is 0 Å². The van der Waals surface area contributed by atoms with E-state index in [0.29, 0.717) is 12.0 Å². The van der Waals surface area contributed by atoms with Gasteiger partial charge in [0, 0.05) is 17.8 Å². The van der Waals surface area contributed by atoms with E-state index in [1.165, 1.54) is 19.2 Å². The number of ether oxygens (including phenoxy) is 1. The third-order valence-electron chi connectivity index (χ3n) is 4.18. The van der Waals surface area contributed by atoms with Crippen LogP contribution in [-0.4, -0.2) is 19.0 Å². The first-order valence-electron chi connectivity index (χ1n) is 8.09. The number of rotatable bonds is 4. The number of aryl methyl sites for hydroxylation is 1. The van der Waals surface area contributed by atoms with Crippen LogP contribution < -0.4 is 10.6 Å². The van der Waals surface area contributed by atoms with Crippen LogP contribution >= 0.6 is 0 Å². The zero-order chi connectivity index (χ0) is 17.8. The predicted molar refractivity (Wildman–Crippen MR) is 92.8 cm³/mol. The van der Waals surface area contributed by atoms with Crippen molar-refractivity contribution < 1.29 is 18.7 Å². The molecule has 1 atom stereocenters. The molecule has 6 heteroatoms. The van der Waals surface area contributed by atoms with Crippen molar-refractivity contribution in [3.63, 3.8) is 0 Å². The average Bonchev–Trinajstić information content (AvgIpc) is 2.80. The van der Waals surface area contributed by atoms with Gasteiger partial charge < -0.3 is 15.4 Å². The molecular formula is C19H19FN2O3. The average molecular weight is 342 g/mol. The number of halogens is 1. The standard InChI is InChI=1S/C19H19FN2O3/c1-25-19(24)18(12-5-7-14(20)8-6-12)21-15-9-10-16-13(11-15)3-2-4-17(23)22-16/h5-11,18,21H,2-4H2,1H3,(H,22,23)/t18-/m1/s1. The summed E-state index contributed by atoms with van der Waals surface area (Å²) in [6, 6.07) is 10.5. The fourth-order valence-corrected chi connectivity index (χ4v) is 2.88. The third kappa shape index (κ3) is 3.96. The molecule has 0 aromatic heterocycles. The summed E-state index contributed by atoms with van der Waals surface area (Å²) < 4.78 is 18.0. The largest absolute Gasteiger partial charge is 0.467 e. The van der Waals surface area contributed by atoms with Gasteiger partial charge in [-0.3, -0.25) is 4.79 Å². The first-order chi connectivity index (χ1) is 12.1. The number of esters is 1. The minimum absolute atomic E-state index is 0.0122. The molecule has 5 nitrogen and oxygen atoms in total. The van der Waals surface area contributed by atoms with Crippen molar-refractivity contribution >= 4 is 23.3 Å². The van der Waals surface area contributed by atoms with Crippen LogP contribution in [0, 0.1) is 5.82 Å². The Hall–Kier alpha value is -2.89. The van der Waals surface area contributed by atoms with Crippen molar-refractivity contribution in [2.75, 3.05) is 17.7 Å². The van der Waals surface area contributed by atoms with Crippen molar-refractivity contribution in [1.82, 2.24) is 0 Å². The Kier molecular flexibility index (Phi) is 4.97. The summed E-state index contributed by atoms with van der Waals surface area (Å²) >= 11 is 0. The second-order valence-corrected chi connectivity index (χ2v) is 5.93. The van der Waals surface area contributed by atoms with Gasteiger partial charge in [0.1, 0.15) is 5.82 Å². The predicted octanol–water partition coefficient (Wildman–Crippen LogP) is 3.43. The van der Waals surface area contributed by atoms with Crippen LogP contribution in [0.25, 0.3) is 0 Å². The maximum atomic E-state index is 13.1. The minimum atomic E-state index is -0.746. The van der Waals surface area contributed by atoms with E-state index >= 15 is 0 Å². The van der Waals surface area contributed by atoms with E-state index in [9.17, 15) is 14.0 Å². The molecule has 2 aromatic carbocycles. The van der Waals surface area contributed by atoms with E-state index in [1.807, 2.05) is 12.1 Å².